The Morgan fingerprint density at radius 3 is 2.68 bits per heavy atom. The molecule has 0 radical (unpaired) electrons. The van der Waals surface area contributed by atoms with E-state index in [1.54, 1.807) is 12.4 Å². The summed E-state index contributed by atoms with van der Waals surface area (Å²) in [4.78, 5) is 21.7. The van der Waals surface area contributed by atoms with Gasteiger partial charge in [0.05, 0.1) is 6.54 Å². The summed E-state index contributed by atoms with van der Waals surface area (Å²) in [5, 5.41) is 5.23. The summed E-state index contributed by atoms with van der Waals surface area (Å²) >= 11 is 0. The van der Waals surface area contributed by atoms with Crippen molar-refractivity contribution >= 4 is 18.3 Å². The summed E-state index contributed by atoms with van der Waals surface area (Å²) in [6, 6.07) is 0.136. The highest BCUT2D eigenvalue weighted by Crippen LogP contribution is 2.16. The van der Waals surface area contributed by atoms with Crippen LogP contribution in [-0.4, -0.2) is 59.2 Å². The van der Waals surface area contributed by atoms with Gasteiger partial charge in [-0.3, -0.25) is 9.69 Å². The van der Waals surface area contributed by atoms with Crippen LogP contribution in [0.25, 0.3) is 0 Å². The molecule has 1 saturated heterocycles. The Morgan fingerprint density at radius 2 is 2.00 bits per heavy atom. The van der Waals surface area contributed by atoms with Gasteiger partial charge in [-0.1, -0.05) is 0 Å². The van der Waals surface area contributed by atoms with E-state index in [1.807, 2.05) is 10.2 Å². The van der Waals surface area contributed by atoms with Gasteiger partial charge in [-0.2, -0.15) is 13.2 Å². The molecule has 0 saturated carbocycles. The number of nitrogens with one attached hydrogen (secondary N) is 2. The average molecular weight is 382 g/mol. The lowest BCUT2D eigenvalue weighted by Crippen LogP contribution is -2.45. The molecule has 1 aromatic heterocycles. The number of amides is 1. The summed E-state index contributed by atoms with van der Waals surface area (Å²) in [6.45, 7) is 0.802. The van der Waals surface area contributed by atoms with E-state index in [9.17, 15) is 18.0 Å². The molecule has 0 aliphatic carbocycles. The number of nitrogens with zero attached hydrogens (tertiary/aromatic N) is 3. The topological polar surface area (TPSA) is 70.2 Å². The van der Waals surface area contributed by atoms with Crippen LogP contribution in [0.15, 0.2) is 18.7 Å². The van der Waals surface area contributed by atoms with Crippen LogP contribution >= 0.6 is 12.4 Å². The summed E-state index contributed by atoms with van der Waals surface area (Å²) in [5.74, 6) is -0.624. The smallest absolute Gasteiger partial charge is 0.346 e. The van der Waals surface area contributed by atoms with E-state index < -0.39 is 18.6 Å². The minimum absolute atomic E-state index is 0. The number of halogens is 4. The van der Waals surface area contributed by atoms with Crippen LogP contribution in [0.2, 0.25) is 0 Å². The number of rotatable bonds is 6. The number of hydrogen-bond acceptors (Lipinski definition) is 5. The summed E-state index contributed by atoms with van der Waals surface area (Å²) < 4.78 is 36.8. The Balaban J connectivity index is 0.00000312. The number of carbonyl (C=O) groups excluding carboxylic acids is 1. The van der Waals surface area contributed by atoms with Gasteiger partial charge in [0.2, 0.25) is 5.91 Å². The summed E-state index contributed by atoms with van der Waals surface area (Å²) in [7, 11) is 0. The van der Waals surface area contributed by atoms with E-state index in [0.717, 1.165) is 37.9 Å². The molecule has 0 aromatic carbocycles. The van der Waals surface area contributed by atoms with Crippen molar-refractivity contribution in [2.24, 2.45) is 0 Å². The minimum atomic E-state index is -4.40. The van der Waals surface area contributed by atoms with E-state index in [4.69, 9.17) is 0 Å². The van der Waals surface area contributed by atoms with Gasteiger partial charge in [0.25, 0.3) is 0 Å². The van der Waals surface area contributed by atoms with Crippen molar-refractivity contribution in [3.8, 4) is 0 Å². The van der Waals surface area contributed by atoms with Crippen molar-refractivity contribution in [1.29, 1.82) is 0 Å². The lowest BCUT2D eigenvalue weighted by atomic mass is 10.1. The van der Waals surface area contributed by atoms with Crippen molar-refractivity contribution < 1.29 is 18.0 Å². The molecule has 1 fully saturated rings. The fourth-order valence-corrected chi connectivity index (χ4v) is 2.77. The predicted octanol–water partition coefficient (Wildman–Crippen LogP) is 1.52. The van der Waals surface area contributed by atoms with Crippen molar-refractivity contribution in [3.05, 3.63) is 24.3 Å². The van der Waals surface area contributed by atoms with Gasteiger partial charge in [0, 0.05) is 30.5 Å². The first-order valence-corrected chi connectivity index (χ1v) is 7.96. The molecule has 142 valence electrons. The van der Waals surface area contributed by atoms with E-state index in [2.05, 4.69) is 15.3 Å². The molecular formula is C15H23ClF3N5O. The molecule has 0 bridgehead atoms. The van der Waals surface area contributed by atoms with Crippen LogP contribution in [0.5, 0.6) is 0 Å². The first kappa shape index (κ1) is 21.6. The summed E-state index contributed by atoms with van der Waals surface area (Å²) in [5.41, 5.74) is 0.832. The number of carbonyl (C=O) groups is 1. The molecule has 10 heteroatoms. The van der Waals surface area contributed by atoms with Gasteiger partial charge in [0.1, 0.15) is 12.9 Å². The van der Waals surface area contributed by atoms with Crippen LogP contribution in [0.3, 0.4) is 0 Å². The second kappa shape index (κ2) is 10.5. The molecule has 2 heterocycles. The maximum atomic E-state index is 12.3. The van der Waals surface area contributed by atoms with Gasteiger partial charge >= 0.3 is 6.18 Å². The zero-order valence-corrected chi connectivity index (χ0v) is 14.6. The Labute approximate surface area is 151 Å². The maximum Gasteiger partial charge on any atom is 0.405 e. The fourth-order valence-electron chi connectivity index (χ4n) is 2.77. The van der Waals surface area contributed by atoms with Crippen LogP contribution in [0, 0.1) is 0 Å². The van der Waals surface area contributed by atoms with Crippen molar-refractivity contribution in [1.82, 2.24) is 25.5 Å². The molecule has 1 aromatic rings. The Kier molecular flexibility index (Phi) is 9.09. The van der Waals surface area contributed by atoms with Gasteiger partial charge in [0.15, 0.2) is 0 Å². The molecule has 1 atom stereocenters. The van der Waals surface area contributed by atoms with Gasteiger partial charge < -0.3 is 10.6 Å². The minimum Gasteiger partial charge on any atom is -0.346 e. The second-order valence-electron chi connectivity index (χ2n) is 5.88. The first-order chi connectivity index (χ1) is 11.4. The third-order valence-corrected chi connectivity index (χ3v) is 3.89. The predicted molar refractivity (Wildman–Crippen MR) is 89.3 cm³/mol. The highest BCUT2D eigenvalue weighted by molar-refractivity contribution is 5.85. The Bertz CT molecular complexity index is 510. The molecule has 6 nitrogen and oxygen atoms in total. The monoisotopic (exact) mass is 381 g/mol. The van der Waals surface area contributed by atoms with E-state index in [1.165, 1.54) is 6.33 Å². The molecule has 1 amide bonds. The molecule has 1 aliphatic rings. The number of hydrogen-bond donors (Lipinski definition) is 2. The highest BCUT2D eigenvalue weighted by Gasteiger charge is 2.29. The molecule has 1 unspecified atom stereocenters. The largest absolute Gasteiger partial charge is 0.405 e. The average Bonchev–Trinajstić information content (AvgIpc) is 2.82. The van der Waals surface area contributed by atoms with Crippen molar-refractivity contribution in [3.63, 3.8) is 0 Å². The molecule has 1 aliphatic heterocycles. The van der Waals surface area contributed by atoms with Crippen LogP contribution < -0.4 is 10.6 Å². The first-order valence-electron chi connectivity index (χ1n) is 7.96. The quantitative estimate of drug-likeness (QED) is 0.782. The number of alkyl halides is 3. The molecule has 0 spiro atoms. The summed E-state index contributed by atoms with van der Waals surface area (Å²) in [6.07, 6.45) is 3.04. The zero-order chi connectivity index (χ0) is 17.4. The molecule has 25 heavy (non-hydrogen) atoms. The molecule has 2 rings (SSSR count). The molecule has 2 N–H and O–H groups in total. The SMILES string of the molecule is Cl.O=C(CN(Cc1cncnc1)C1CCCNCC1)NCC(F)(F)F. The van der Waals surface area contributed by atoms with E-state index >= 15 is 0 Å². The van der Waals surface area contributed by atoms with Gasteiger partial charge in [-0.15, -0.1) is 12.4 Å². The van der Waals surface area contributed by atoms with Crippen molar-refractivity contribution in [2.75, 3.05) is 26.2 Å². The third kappa shape index (κ3) is 8.46. The molecular weight excluding hydrogens is 359 g/mol. The standard InChI is InChI=1S/C15H22F3N5O.ClH/c16-15(17,18)10-22-14(24)9-23(8-12-6-20-11-21-7-12)13-2-1-4-19-5-3-13;/h6-7,11,13,19H,1-5,8-10H2,(H,22,24);1H. The Hall–Kier alpha value is -1.45. The highest BCUT2D eigenvalue weighted by atomic mass is 35.5. The Morgan fingerprint density at radius 1 is 1.28 bits per heavy atom. The van der Waals surface area contributed by atoms with E-state index in [-0.39, 0.29) is 25.0 Å². The second-order valence-corrected chi connectivity index (χ2v) is 5.88. The third-order valence-electron chi connectivity index (χ3n) is 3.89. The van der Waals surface area contributed by atoms with Crippen molar-refractivity contribution in [2.45, 2.75) is 38.0 Å². The maximum absolute atomic E-state index is 12.3. The van der Waals surface area contributed by atoms with Gasteiger partial charge in [-0.05, 0) is 32.4 Å². The normalized spacial score (nSPS) is 18.3. The van der Waals surface area contributed by atoms with Crippen LogP contribution in [-0.2, 0) is 11.3 Å². The van der Waals surface area contributed by atoms with Crippen LogP contribution in [0.1, 0.15) is 24.8 Å². The lowest BCUT2D eigenvalue weighted by molar-refractivity contribution is -0.139. The van der Waals surface area contributed by atoms with Gasteiger partial charge in [-0.25, -0.2) is 9.97 Å². The number of aromatic nitrogens is 2. The zero-order valence-electron chi connectivity index (χ0n) is 13.8. The fraction of sp³-hybridized carbons (Fsp3) is 0.667. The van der Waals surface area contributed by atoms with Crippen LogP contribution in [0.4, 0.5) is 13.2 Å². The lowest BCUT2D eigenvalue weighted by Gasteiger charge is -2.30. The van der Waals surface area contributed by atoms with E-state index in [0.29, 0.717) is 6.54 Å².